The Labute approximate surface area is 148 Å². The predicted octanol–water partition coefficient (Wildman–Crippen LogP) is 5.03. The van der Waals surface area contributed by atoms with Crippen LogP contribution in [0.5, 0.6) is 0 Å². The normalized spacial score (nSPS) is 12.5. The Morgan fingerprint density at radius 3 is 2.04 bits per heavy atom. The largest absolute Gasteiger partial charge is 0.481 e. The van der Waals surface area contributed by atoms with Crippen molar-refractivity contribution in [1.29, 1.82) is 0 Å². The highest BCUT2D eigenvalue weighted by molar-refractivity contribution is 5.83. The van der Waals surface area contributed by atoms with E-state index in [4.69, 9.17) is 5.11 Å². The molecule has 1 N–H and O–H groups in total. The van der Waals surface area contributed by atoms with Gasteiger partial charge in [0.15, 0.2) is 0 Å². The third kappa shape index (κ3) is 11.3. The van der Waals surface area contributed by atoms with E-state index >= 15 is 0 Å². The number of rotatable bonds is 15. The van der Waals surface area contributed by atoms with Crippen molar-refractivity contribution >= 4 is 11.9 Å². The second-order valence-electron chi connectivity index (χ2n) is 6.41. The molecule has 1 unspecified atom stereocenters. The van der Waals surface area contributed by atoms with E-state index in [9.17, 15) is 9.59 Å². The molecule has 0 radical (unpaired) electrons. The molecule has 0 aliphatic rings. The summed E-state index contributed by atoms with van der Waals surface area (Å²) in [6.07, 6.45) is 14.3. The molecule has 0 aliphatic carbocycles. The monoisotopic (exact) mass is 339 g/mol. The summed E-state index contributed by atoms with van der Waals surface area (Å²) in [7, 11) is 0. The Morgan fingerprint density at radius 1 is 0.917 bits per heavy atom. The molecule has 24 heavy (non-hydrogen) atoms. The van der Waals surface area contributed by atoms with Gasteiger partial charge in [-0.3, -0.25) is 9.59 Å². The van der Waals surface area contributed by atoms with Crippen LogP contribution in [0.1, 0.15) is 85.0 Å². The van der Waals surface area contributed by atoms with E-state index in [1.54, 1.807) is 4.90 Å². The first-order valence-corrected chi connectivity index (χ1v) is 9.72. The highest BCUT2D eigenvalue weighted by atomic mass is 16.4. The molecule has 0 saturated carbocycles. The number of carbonyl (C=O) groups is 2. The molecule has 0 spiro atoms. The summed E-state index contributed by atoms with van der Waals surface area (Å²) in [6, 6.07) is 0. The van der Waals surface area contributed by atoms with Crippen LogP contribution < -0.4 is 0 Å². The van der Waals surface area contributed by atoms with Gasteiger partial charge in [-0.15, -0.1) is 0 Å². The van der Waals surface area contributed by atoms with Crippen LogP contribution in [-0.4, -0.2) is 35.0 Å². The molecule has 1 amide bonds. The van der Waals surface area contributed by atoms with E-state index in [0.29, 0.717) is 19.5 Å². The van der Waals surface area contributed by atoms with E-state index in [0.717, 1.165) is 25.7 Å². The summed E-state index contributed by atoms with van der Waals surface area (Å²) in [6.45, 7) is 7.38. The molecule has 1 atom stereocenters. The molecule has 0 aromatic carbocycles. The molecule has 0 heterocycles. The van der Waals surface area contributed by atoms with Crippen LogP contribution in [0.2, 0.25) is 0 Å². The lowest BCUT2D eigenvalue weighted by Gasteiger charge is -2.24. The zero-order chi connectivity index (χ0) is 18.2. The number of carboxylic acids is 1. The fourth-order valence-electron chi connectivity index (χ4n) is 2.88. The van der Waals surface area contributed by atoms with Gasteiger partial charge in [-0.25, -0.2) is 0 Å². The van der Waals surface area contributed by atoms with Crippen LogP contribution in [0.3, 0.4) is 0 Å². The van der Waals surface area contributed by atoms with Gasteiger partial charge >= 0.3 is 5.97 Å². The number of aliphatic carboxylic acids is 1. The summed E-state index contributed by atoms with van der Waals surface area (Å²) in [5, 5.41) is 9.04. The first-order valence-electron chi connectivity index (χ1n) is 9.72. The maximum atomic E-state index is 12.4. The van der Waals surface area contributed by atoms with E-state index in [1.165, 1.54) is 25.7 Å². The number of hydrogen-bond acceptors (Lipinski definition) is 2. The van der Waals surface area contributed by atoms with E-state index in [2.05, 4.69) is 19.1 Å². The Morgan fingerprint density at radius 2 is 1.50 bits per heavy atom. The molecule has 4 nitrogen and oxygen atoms in total. The van der Waals surface area contributed by atoms with Gasteiger partial charge < -0.3 is 10.0 Å². The maximum Gasteiger partial charge on any atom is 0.304 e. The van der Waals surface area contributed by atoms with Gasteiger partial charge in [0.2, 0.25) is 5.91 Å². The number of amides is 1. The van der Waals surface area contributed by atoms with Crippen molar-refractivity contribution in [1.82, 2.24) is 4.90 Å². The highest BCUT2D eigenvalue weighted by Gasteiger charge is 2.24. The summed E-state index contributed by atoms with van der Waals surface area (Å²) in [5.74, 6) is -1.24. The fourth-order valence-corrected chi connectivity index (χ4v) is 2.88. The van der Waals surface area contributed by atoms with Crippen molar-refractivity contribution in [3.63, 3.8) is 0 Å². The standard InChI is InChI=1S/C20H37NO3/c1-4-7-8-9-10-11-12-13-14-15-16-18(17-19(22)23)20(24)21(5-2)6-3/h9-10,18H,4-8,11-17H2,1-3H3,(H,22,23)/b10-9+. The lowest BCUT2D eigenvalue weighted by molar-refractivity contribution is -0.144. The summed E-state index contributed by atoms with van der Waals surface area (Å²) in [4.78, 5) is 25.1. The minimum Gasteiger partial charge on any atom is -0.481 e. The molecular formula is C20H37NO3. The summed E-state index contributed by atoms with van der Waals surface area (Å²) < 4.78 is 0. The lowest BCUT2D eigenvalue weighted by Crippen LogP contribution is -2.36. The minimum atomic E-state index is -0.877. The number of allylic oxidation sites excluding steroid dienone is 2. The van der Waals surface area contributed by atoms with Crippen LogP contribution in [0.4, 0.5) is 0 Å². The van der Waals surface area contributed by atoms with Gasteiger partial charge in [0.05, 0.1) is 6.42 Å². The van der Waals surface area contributed by atoms with Crippen LogP contribution in [0.25, 0.3) is 0 Å². The van der Waals surface area contributed by atoms with Crippen molar-refractivity contribution in [2.24, 2.45) is 5.92 Å². The SMILES string of the molecule is CCCC/C=C/CCCCCCC(CC(=O)O)C(=O)N(CC)CC. The zero-order valence-corrected chi connectivity index (χ0v) is 15.9. The van der Waals surface area contributed by atoms with Gasteiger partial charge in [0, 0.05) is 19.0 Å². The van der Waals surface area contributed by atoms with Crippen LogP contribution in [0, 0.1) is 5.92 Å². The van der Waals surface area contributed by atoms with E-state index in [-0.39, 0.29) is 18.2 Å². The molecule has 0 aliphatic heterocycles. The smallest absolute Gasteiger partial charge is 0.304 e. The first kappa shape index (κ1) is 22.7. The van der Waals surface area contributed by atoms with Gasteiger partial charge in [0.25, 0.3) is 0 Å². The van der Waals surface area contributed by atoms with Gasteiger partial charge in [-0.1, -0.05) is 51.2 Å². The number of unbranched alkanes of at least 4 members (excludes halogenated alkanes) is 6. The van der Waals surface area contributed by atoms with E-state index in [1.807, 2.05) is 13.8 Å². The number of nitrogens with zero attached hydrogens (tertiary/aromatic N) is 1. The fraction of sp³-hybridized carbons (Fsp3) is 0.800. The Balaban J connectivity index is 4.01. The maximum absolute atomic E-state index is 12.4. The molecule has 0 bridgehead atoms. The number of hydrogen-bond donors (Lipinski definition) is 1. The topological polar surface area (TPSA) is 57.6 Å². The van der Waals surface area contributed by atoms with Crippen molar-refractivity contribution < 1.29 is 14.7 Å². The van der Waals surface area contributed by atoms with Crippen LogP contribution >= 0.6 is 0 Å². The second-order valence-corrected chi connectivity index (χ2v) is 6.41. The third-order valence-electron chi connectivity index (χ3n) is 4.41. The first-order chi connectivity index (χ1) is 11.6. The molecule has 0 aromatic heterocycles. The molecular weight excluding hydrogens is 302 g/mol. The number of carboxylic acid groups (broad SMARTS) is 1. The van der Waals surface area contributed by atoms with Gasteiger partial charge in [-0.05, 0) is 39.5 Å². The zero-order valence-electron chi connectivity index (χ0n) is 15.9. The molecule has 0 fully saturated rings. The summed E-state index contributed by atoms with van der Waals surface area (Å²) >= 11 is 0. The highest BCUT2D eigenvalue weighted by Crippen LogP contribution is 2.18. The average molecular weight is 340 g/mol. The van der Waals surface area contributed by atoms with Crippen LogP contribution in [-0.2, 0) is 9.59 Å². The molecule has 0 saturated heterocycles. The van der Waals surface area contributed by atoms with Crippen molar-refractivity contribution in [3.05, 3.63) is 12.2 Å². The molecule has 0 rings (SSSR count). The van der Waals surface area contributed by atoms with Crippen molar-refractivity contribution in [2.75, 3.05) is 13.1 Å². The quantitative estimate of drug-likeness (QED) is 0.336. The van der Waals surface area contributed by atoms with Gasteiger partial charge in [0.1, 0.15) is 0 Å². The lowest BCUT2D eigenvalue weighted by atomic mass is 9.95. The summed E-state index contributed by atoms with van der Waals surface area (Å²) in [5.41, 5.74) is 0. The third-order valence-corrected chi connectivity index (χ3v) is 4.41. The minimum absolute atomic E-state index is 0.00116. The average Bonchev–Trinajstić information content (AvgIpc) is 2.56. The van der Waals surface area contributed by atoms with Crippen molar-refractivity contribution in [3.8, 4) is 0 Å². The van der Waals surface area contributed by atoms with Crippen LogP contribution in [0.15, 0.2) is 12.2 Å². The molecule has 0 aromatic rings. The second kappa shape index (κ2) is 15.2. The Kier molecular flexibility index (Phi) is 14.4. The molecule has 4 heteroatoms. The number of carbonyl (C=O) groups excluding carboxylic acids is 1. The Bertz CT molecular complexity index is 362. The van der Waals surface area contributed by atoms with Gasteiger partial charge in [-0.2, -0.15) is 0 Å². The Hall–Kier alpha value is -1.32. The van der Waals surface area contributed by atoms with E-state index < -0.39 is 5.97 Å². The van der Waals surface area contributed by atoms with Crippen molar-refractivity contribution in [2.45, 2.75) is 85.0 Å². The predicted molar refractivity (Wildman–Crippen MR) is 100 cm³/mol. The molecule has 140 valence electrons.